The van der Waals surface area contributed by atoms with Gasteiger partial charge in [0.05, 0.1) is 32.4 Å². The summed E-state index contributed by atoms with van der Waals surface area (Å²) in [6.45, 7) is 2.37. The summed E-state index contributed by atoms with van der Waals surface area (Å²) in [5.74, 6) is 1.75. The van der Waals surface area contributed by atoms with E-state index in [1.165, 1.54) is 0 Å². The van der Waals surface area contributed by atoms with Crippen LogP contribution in [0.25, 0.3) is 0 Å². The van der Waals surface area contributed by atoms with Gasteiger partial charge in [-0.25, -0.2) is 0 Å². The number of carbonyl (C=O) groups excluding carboxylic acids is 1. The molecule has 0 radical (unpaired) electrons. The van der Waals surface area contributed by atoms with Gasteiger partial charge in [-0.3, -0.25) is 9.69 Å². The molecule has 2 aromatic rings. The Kier molecular flexibility index (Phi) is 7.33. The van der Waals surface area contributed by atoms with Crippen molar-refractivity contribution in [3.8, 4) is 17.2 Å². The van der Waals surface area contributed by atoms with Gasteiger partial charge in [-0.2, -0.15) is 0 Å². The highest BCUT2D eigenvalue weighted by atomic mass is 35.5. The zero-order valence-corrected chi connectivity index (χ0v) is 17.0. The Morgan fingerprint density at radius 2 is 1.81 bits per heavy atom. The van der Waals surface area contributed by atoms with Crippen LogP contribution in [0.4, 0.5) is 5.69 Å². The second-order valence-corrected chi connectivity index (χ2v) is 6.49. The highest BCUT2D eigenvalue weighted by molar-refractivity contribution is 6.32. The molecule has 27 heavy (non-hydrogen) atoms. The molecule has 7 heteroatoms. The molecule has 0 aromatic heterocycles. The summed E-state index contributed by atoms with van der Waals surface area (Å²) in [4.78, 5) is 14.5. The molecule has 1 atom stereocenters. The van der Waals surface area contributed by atoms with E-state index in [9.17, 15) is 4.79 Å². The molecule has 0 aliphatic heterocycles. The number of nitrogens with one attached hydrogen (secondary N) is 1. The van der Waals surface area contributed by atoms with Crippen LogP contribution >= 0.6 is 11.6 Å². The second-order valence-electron chi connectivity index (χ2n) is 6.08. The molecule has 2 rings (SSSR count). The summed E-state index contributed by atoms with van der Waals surface area (Å²) in [5, 5.41) is 3.32. The number of ether oxygens (including phenoxy) is 3. The lowest BCUT2D eigenvalue weighted by Crippen LogP contribution is -2.39. The Morgan fingerprint density at radius 3 is 2.41 bits per heavy atom. The van der Waals surface area contributed by atoms with E-state index in [2.05, 4.69) is 5.32 Å². The molecule has 6 nitrogen and oxygen atoms in total. The lowest BCUT2D eigenvalue weighted by molar-refractivity contribution is -0.120. The SMILES string of the molecule is COc1ccc(NC(=O)C(C)N(C)Cc2cccc(OC)c2OC)cc1Cl. The number of likely N-dealkylation sites (N-methyl/N-ethyl adjacent to an activating group) is 1. The number of hydrogen-bond acceptors (Lipinski definition) is 5. The number of anilines is 1. The molecule has 0 saturated carbocycles. The summed E-state index contributed by atoms with van der Waals surface area (Å²) in [5.41, 5.74) is 1.55. The number of methoxy groups -OCH3 is 3. The van der Waals surface area contributed by atoms with Crippen molar-refractivity contribution in [1.82, 2.24) is 4.90 Å². The number of rotatable bonds is 8. The molecule has 146 valence electrons. The molecule has 2 aromatic carbocycles. The summed E-state index contributed by atoms with van der Waals surface area (Å²) in [6.07, 6.45) is 0. The van der Waals surface area contributed by atoms with Crippen molar-refractivity contribution in [3.05, 3.63) is 47.0 Å². The topological polar surface area (TPSA) is 60.0 Å². The molecule has 0 aliphatic carbocycles. The van der Waals surface area contributed by atoms with E-state index < -0.39 is 0 Å². The minimum Gasteiger partial charge on any atom is -0.495 e. The van der Waals surface area contributed by atoms with Gasteiger partial charge in [0.15, 0.2) is 11.5 Å². The van der Waals surface area contributed by atoms with Gasteiger partial charge in [-0.05, 0) is 38.2 Å². The van der Waals surface area contributed by atoms with Crippen LogP contribution in [0.5, 0.6) is 17.2 Å². The molecule has 0 saturated heterocycles. The van der Waals surface area contributed by atoms with Crippen LogP contribution in [0, 0.1) is 0 Å². The van der Waals surface area contributed by atoms with Gasteiger partial charge in [0.2, 0.25) is 5.91 Å². The normalized spacial score (nSPS) is 11.8. The molecule has 0 spiro atoms. The fourth-order valence-electron chi connectivity index (χ4n) is 2.67. The fraction of sp³-hybridized carbons (Fsp3) is 0.350. The number of benzene rings is 2. The summed E-state index contributed by atoms with van der Waals surface area (Å²) in [6, 6.07) is 10.4. The van der Waals surface area contributed by atoms with Crippen LogP contribution < -0.4 is 19.5 Å². The van der Waals surface area contributed by atoms with Gasteiger partial charge in [0.25, 0.3) is 0 Å². The number of hydrogen-bond donors (Lipinski definition) is 1. The van der Waals surface area contributed by atoms with E-state index in [4.69, 9.17) is 25.8 Å². The zero-order valence-electron chi connectivity index (χ0n) is 16.2. The predicted molar refractivity (Wildman–Crippen MR) is 107 cm³/mol. The Labute approximate surface area is 165 Å². The maximum absolute atomic E-state index is 12.6. The first-order valence-electron chi connectivity index (χ1n) is 8.45. The molecule has 1 amide bonds. The number of nitrogens with zero attached hydrogens (tertiary/aromatic N) is 1. The van der Waals surface area contributed by atoms with Crippen LogP contribution in [-0.4, -0.2) is 45.2 Å². The number of amides is 1. The van der Waals surface area contributed by atoms with Gasteiger partial charge in [0.1, 0.15) is 5.75 Å². The standard InChI is InChI=1S/C20H25ClN2O4/c1-13(20(24)22-15-9-10-17(25-3)16(21)11-15)23(2)12-14-7-6-8-18(26-4)19(14)27-5/h6-11,13H,12H2,1-5H3,(H,22,24). The monoisotopic (exact) mass is 392 g/mol. The maximum atomic E-state index is 12.6. The van der Waals surface area contributed by atoms with Crippen LogP contribution in [0.2, 0.25) is 5.02 Å². The Balaban J connectivity index is 2.07. The molecule has 0 fully saturated rings. The van der Waals surface area contributed by atoms with Crippen molar-refractivity contribution in [2.24, 2.45) is 0 Å². The van der Waals surface area contributed by atoms with Crippen molar-refractivity contribution in [2.45, 2.75) is 19.5 Å². The molecular formula is C20H25ClN2O4. The minimum atomic E-state index is -0.373. The predicted octanol–water partition coefficient (Wildman–Crippen LogP) is 3.82. The molecule has 0 heterocycles. The Morgan fingerprint density at radius 1 is 1.11 bits per heavy atom. The highest BCUT2D eigenvalue weighted by Gasteiger charge is 2.20. The van der Waals surface area contributed by atoms with Crippen LogP contribution in [-0.2, 0) is 11.3 Å². The average Bonchev–Trinajstić information content (AvgIpc) is 2.67. The summed E-state index contributed by atoms with van der Waals surface area (Å²) in [7, 11) is 6.62. The zero-order chi connectivity index (χ0) is 20.0. The van der Waals surface area contributed by atoms with E-state index >= 15 is 0 Å². The first-order chi connectivity index (χ1) is 12.9. The van der Waals surface area contributed by atoms with Crippen molar-refractivity contribution >= 4 is 23.2 Å². The first kappa shape index (κ1) is 20.9. The van der Waals surface area contributed by atoms with E-state index in [-0.39, 0.29) is 11.9 Å². The Bertz CT molecular complexity index is 798. The third-order valence-electron chi connectivity index (χ3n) is 4.36. The summed E-state index contributed by atoms with van der Waals surface area (Å²) < 4.78 is 15.9. The van der Waals surface area contributed by atoms with Gasteiger partial charge >= 0.3 is 0 Å². The maximum Gasteiger partial charge on any atom is 0.241 e. The van der Waals surface area contributed by atoms with Crippen molar-refractivity contribution < 1.29 is 19.0 Å². The first-order valence-corrected chi connectivity index (χ1v) is 8.83. The Hall–Kier alpha value is -2.44. The quantitative estimate of drug-likeness (QED) is 0.739. The number of para-hydroxylation sites is 1. The van der Waals surface area contributed by atoms with Crippen LogP contribution in [0.15, 0.2) is 36.4 Å². The molecular weight excluding hydrogens is 368 g/mol. The van der Waals surface area contributed by atoms with Crippen LogP contribution in [0.3, 0.4) is 0 Å². The third-order valence-corrected chi connectivity index (χ3v) is 4.66. The molecule has 0 bridgehead atoms. The van der Waals surface area contributed by atoms with Gasteiger partial charge < -0.3 is 19.5 Å². The van der Waals surface area contributed by atoms with Gasteiger partial charge in [-0.15, -0.1) is 0 Å². The lowest BCUT2D eigenvalue weighted by atomic mass is 10.1. The molecule has 1 N–H and O–H groups in total. The third kappa shape index (κ3) is 5.05. The van der Waals surface area contributed by atoms with E-state index in [0.717, 1.165) is 5.56 Å². The lowest BCUT2D eigenvalue weighted by Gasteiger charge is -2.25. The van der Waals surface area contributed by atoms with Crippen molar-refractivity contribution in [1.29, 1.82) is 0 Å². The molecule has 0 aliphatic rings. The minimum absolute atomic E-state index is 0.138. The molecule has 1 unspecified atom stereocenters. The summed E-state index contributed by atoms with van der Waals surface area (Å²) >= 11 is 6.11. The van der Waals surface area contributed by atoms with Gasteiger partial charge in [0, 0.05) is 17.8 Å². The highest BCUT2D eigenvalue weighted by Crippen LogP contribution is 2.32. The van der Waals surface area contributed by atoms with E-state index in [0.29, 0.717) is 34.5 Å². The van der Waals surface area contributed by atoms with Crippen LogP contribution in [0.1, 0.15) is 12.5 Å². The van der Waals surface area contributed by atoms with E-state index in [1.807, 2.05) is 37.1 Å². The van der Waals surface area contributed by atoms with E-state index in [1.54, 1.807) is 39.5 Å². The fourth-order valence-corrected chi connectivity index (χ4v) is 2.93. The largest absolute Gasteiger partial charge is 0.495 e. The number of carbonyl (C=O) groups is 1. The van der Waals surface area contributed by atoms with Crippen molar-refractivity contribution in [2.75, 3.05) is 33.7 Å². The second kappa shape index (κ2) is 9.48. The van der Waals surface area contributed by atoms with Crippen molar-refractivity contribution in [3.63, 3.8) is 0 Å². The average molecular weight is 393 g/mol. The number of halogens is 1. The smallest absolute Gasteiger partial charge is 0.241 e. The van der Waals surface area contributed by atoms with Gasteiger partial charge in [-0.1, -0.05) is 23.7 Å².